The number of furan rings is 1. The number of ether oxygens (including phenoxy) is 1. The standard InChI is InChI=1S/C22H30N2O3/c1-23(22(25)14-16-6-5-7-21-18(16)10-13-27-21)19-9-8-17(26-2)15-20(19)24-11-3-4-12-24/h5-7,10,13,17,19-20H,3-4,8-9,11-12,14-15H2,1-2H3/t17-,19+,20+/m1/s1. The van der Waals surface area contributed by atoms with Crippen LogP contribution in [0.15, 0.2) is 34.9 Å². The fraction of sp³-hybridized carbons (Fsp3) is 0.591. The fourth-order valence-corrected chi connectivity index (χ4v) is 4.91. The molecule has 2 aliphatic rings. The molecule has 27 heavy (non-hydrogen) atoms. The number of amides is 1. The second-order valence-electron chi connectivity index (χ2n) is 7.98. The van der Waals surface area contributed by atoms with E-state index in [-0.39, 0.29) is 11.9 Å². The van der Waals surface area contributed by atoms with Gasteiger partial charge in [-0.25, -0.2) is 0 Å². The Hall–Kier alpha value is -1.85. The van der Waals surface area contributed by atoms with Gasteiger partial charge in [-0.2, -0.15) is 0 Å². The van der Waals surface area contributed by atoms with Gasteiger partial charge in [0, 0.05) is 31.6 Å². The molecular weight excluding hydrogens is 340 g/mol. The van der Waals surface area contributed by atoms with E-state index in [0.717, 1.165) is 48.9 Å². The van der Waals surface area contributed by atoms with Crippen molar-refractivity contribution in [1.29, 1.82) is 0 Å². The van der Waals surface area contributed by atoms with Crippen LogP contribution in [0.25, 0.3) is 11.0 Å². The zero-order valence-corrected chi connectivity index (χ0v) is 16.4. The van der Waals surface area contributed by atoms with E-state index in [1.54, 1.807) is 6.26 Å². The molecule has 0 bridgehead atoms. The molecule has 2 fully saturated rings. The maximum Gasteiger partial charge on any atom is 0.227 e. The van der Waals surface area contributed by atoms with Crippen molar-refractivity contribution in [3.05, 3.63) is 36.1 Å². The number of benzene rings is 1. The predicted molar refractivity (Wildman–Crippen MR) is 106 cm³/mol. The maximum atomic E-state index is 13.1. The Bertz CT molecular complexity index is 781. The third kappa shape index (κ3) is 3.76. The maximum absolute atomic E-state index is 13.1. The molecule has 1 aromatic carbocycles. The third-order valence-corrected chi connectivity index (χ3v) is 6.49. The summed E-state index contributed by atoms with van der Waals surface area (Å²) >= 11 is 0. The average Bonchev–Trinajstić information content (AvgIpc) is 3.39. The molecular formula is C22H30N2O3. The molecule has 0 N–H and O–H groups in total. The van der Waals surface area contributed by atoms with Crippen LogP contribution in [0, 0.1) is 0 Å². The Morgan fingerprint density at radius 1 is 1.26 bits per heavy atom. The second-order valence-corrected chi connectivity index (χ2v) is 7.98. The van der Waals surface area contributed by atoms with E-state index in [2.05, 4.69) is 4.90 Å². The molecule has 2 aromatic rings. The molecule has 0 radical (unpaired) electrons. The summed E-state index contributed by atoms with van der Waals surface area (Å²) in [4.78, 5) is 17.7. The molecule has 1 aliphatic carbocycles. The number of nitrogens with zero attached hydrogens (tertiary/aromatic N) is 2. The molecule has 1 aliphatic heterocycles. The van der Waals surface area contributed by atoms with Crippen LogP contribution < -0.4 is 0 Å². The highest BCUT2D eigenvalue weighted by molar-refractivity contribution is 5.87. The van der Waals surface area contributed by atoms with Crippen LogP contribution >= 0.6 is 0 Å². The molecule has 3 atom stereocenters. The summed E-state index contributed by atoms with van der Waals surface area (Å²) in [5.41, 5.74) is 1.89. The van der Waals surface area contributed by atoms with E-state index in [1.165, 1.54) is 12.8 Å². The van der Waals surface area contributed by atoms with Crippen molar-refractivity contribution in [2.45, 2.75) is 56.7 Å². The van der Waals surface area contributed by atoms with Crippen molar-refractivity contribution in [3.8, 4) is 0 Å². The molecule has 1 saturated carbocycles. The summed E-state index contributed by atoms with van der Waals surface area (Å²) < 4.78 is 11.1. The van der Waals surface area contributed by atoms with Crippen molar-refractivity contribution < 1.29 is 13.9 Å². The molecule has 0 unspecified atom stereocenters. The molecule has 5 heteroatoms. The van der Waals surface area contributed by atoms with E-state index < -0.39 is 0 Å². The van der Waals surface area contributed by atoms with E-state index in [9.17, 15) is 4.79 Å². The van der Waals surface area contributed by atoms with Crippen LogP contribution in [0.3, 0.4) is 0 Å². The van der Waals surface area contributed by atoms with Crippen molar-refractivity contribution in [3.63, 3.8) is 0 Å². The Morgan fingerprint density at radius 2 is 2.07 bits per heavy atom. The Morgan fingerprint density at radius 3 is 2.85 bits per heavy atom. The molecule has 1 amide bonds. The lowest BCUT2D eigenvalue weighted by atomic mass is 9.86. The Kier molecular flexibility index (Phi) is 5.50. The van der Waals surface area contributed by atoms with Gasteiger partial charge in [-0.15, -0.1) is 0 Å². The first-order chi connectivity index (χ1) is 13.2. The number of carbonyl (C=O) groups excluding carboxylic acids is 1. The summed E-state index contributed by atoms with van der Waals surface area (Å²) in [7, 11) is 3.80. The molecule has 2 heterocycles. The highest BCUT2D eigenvalue weighted by Crippen LogP contribution is 2.31. The van der Waals surface area contributed by atoms with Gasteiger partial charge in [-0.3, -0.25) is 9.69 Å². The summed E-state index contributed by atoms with van der Waals surface area (Å²) in [6, 6.07) is 8.57. The predicted octanol–water partition coefficient (Wildman–Crippen LogP) is 3.47. The number of likely N-dealkylation sites (tertiary alicyclic amines) is 1. The minimum Gasteiger partial charge on any atom is -0.464 e. The van der Waals surface area contributed by atoms with Crippen LogP contribution in [0.1, 0.15) is 37.7 Å². The van der Waals surface area contributed by atoms with Crippen molar-refractivity contribution in [1.82, 2.24) is 9.80 Å². The number of carbonyl (C=O) groups is 1. The molecule has 0 spiro atoms. The Balaban J connectivity index is 1.50. The van der Waals surface area contributed by atoms with E-state index in [0.29, 0.717) is 18.6 Å². The van der Waals surface area contributed by atoms with Gasteiger partial charge in [-0.05, 0) is 62.9 Å². The van der Waals surface area contributed by atoms with Crippen LogP contribution in [0.4, 0.5) is 0 Å². The van der Waals surface area contributed by atoms with Gasteiger partial charge < -0.3 is 14.1 Å². The normalized spacial score (nSPS) is 26.5. The van der Waals surface area contributed by atoms with Crippen molar-refractivity contribution >= 4 is 16.9 Å². The van der Waals surface area contributed by atoms with Gasteiger partial charge in [0.1, 0.15) is 5.58 Å². The van der Waals surface area contributed by atoms with E-state index in [4.69, 9.17) is 9.15 Å². The van der Waals surface area contributed by atoms with E-state index >= 15 is 0 Å². The molecule has 5 nitrogen and oxygen atoms in total. The lowest BCUT2D eigenvalue weighted by Crippen LogP contribution is -2.55. The summed E-state index contributed by atoms with van der Waals surface area (Å²) in [6.07, 6.45) is 8.02. The largest absolute Gasteiger partial charge is 0.464 e. The SMILES string of the molecule is CO[C@@H]1CC[C@H](N(C)C(=O)Cc2cccc3occc23)[C@@H](N2CCCC2)C1. The summed E-state index contributed by atoms with van der Waals surface area (Å²) in [5, 5.41) is 1.04. The van der Waals surface area contributed by atoms with Crippen LogP contribution in [-0.2, 0) is 16.0 Å². The minimum absolute atomic E-state index is 0.189. The lowest BCUT2D eigenvalue weighted by molar-refractivity contribution is -0.134. The van der Waals surface area contributed by atoms with E-state index in [1.807, 2.05) is 43.3 Å². The van der Waals surface area contributed by atoms with Gasteiger partial charge in [0.2, 0.25) is 5.91 Å². The molecule has 4 rings (SSSR count). The number of rotatable bonds is 5. The number of likely N-dealkylation sites (N-methyl/N-ethyl adjacent to an activating group) is 1. The minimum atomic E-state index is 0.189. The molecule has 1 aromatic heterocycles. The monoisotopic (exact) mass is 370 g/mol. The zero-order valence-electron chi connectivity index (χ0n) is 16.4. The molecule has 146 valence electrons. The Labute approximate surface area is 161 Å². The van der Waals surface area contributed by atoms with Crippen LogP contribution in [0.5, 0.6) is 0 Å². The second kappa shape index (κ2) is 8.03. The van der Waals surface area contributed by atoms with Crippen molar-refractivity contribution in [2.75, 3.05) is 27.2 Å². The quantitative estimate of drug-likeness (QED) is 0.809. The number of fused-ring (bicyclic) bond motifs is 1. The molecule has 1 saturated heterocycles. The highest BCUT2D eigenvalue weighted by Gasteiger charge is 2.38. The first kappa shape index (κ1) is 18.5. The smallest absolute Gasteiger partial charge is 0.227 e. The topological polar surface area (TPSA) is 45.9 Å². The highest BCUT2D eigenvalue weighted by atomic mass is 16.5. The van der Waals surface area contributed by atoms with Gasteiger partial charge >= 0.3 is 0 Å². The third-order valence-electron chi connectivity index (χ3n) is 6.49. The van der Waals surface area contributed by atoms with Gasteiger partial charge in [0.15, 0.2) is 0 Å². The lowest BCUT2D eigenvalue weighted by Gasteiger charge is -2.44. The first-order valence-electron chi connectivity index (χ1n) is 10.1. The van der Waals surface area contributed by atoms with Crippen LogP contribution in [0.2, 0.25) is 0 Å². The average molecular weight is 370 g/mol. The number of methoxy groups -OCH3 is 1. The van der Waals surface area contributed by atoms with Gasteiger partial charge in [0.25, 0.3) is 0 Å². The van der Waals surface area contributed by atoms with Crippen LogP contribution in [-0.4, -0.2) is 61.1 Å². The van der Waals surface area contributed by atoms with Crippen molar-refractivity contribution in [2.24, 2.45) is 0 Å². The number of hydrogen-bond acceptors (Lipinski definition) is 4. The summed E-state index contributed by atoms with van der Waals surface area (Å²) in [5.74, 6) is 0.189. The van der Waals surface area contributed by atoms with Gasteiger partial charge in [0.05, 0.1) is 18.8 Å². The summed E-state index contributed by atoms with van der Waals surface area (Å²) in [6.45, 7) is 2.29. The zero-order chi connectivity index (χ0) is 18.8. The number of hydrogen-bond donors (Lipinski definition) is 0. The van der Waals surface area contributed by atoms with Gasteiger partial charge in [-0.1, -0.05) is 12.1 Å². The first-order valence-corrected chi connectivity index (χ1v) is 10.1. The fourth-order valence-electron chi connectivity index (χ4n) is 4.91.